The van der Waals surface area contributed by atoms with Gasteiger partial charge in [-0.1, -0.05) is 5.16 Å². The van der Waals surface area contributed by atoms with Crippen LogP contribution in [0.1, 0.15) is 5.69 Å². The fraction of sp³-hybridized carbons (Fsp3) is 0.286. The first-order chi connectivity index (χ1) is 6.33. The summed E-state index contributed by atoms with van der Waals surface area (Å²) in [6.45, 7) is 0.902. The summed E-state index contributed by atoms with van der Waals surface area (Å²) in [7, 11) is 0. The van der Waals surface area contributed by atoms with Crippen molar-refractivity contribution in [2.75, 3.05) is 6.54 Å². The van der Waals surface area contributed by atoms with Crippen LogP contribution in [0.15, 0.2) is 23.7 Å². The van der Waals surface area contributed by atoms with Crippen LogP contribution in [-0.4, -0.2) is 27.6 Å². The van der Waals surface area contributed by atoms with Crippen LogP contribution < -0.4 is 11.1 Å². The molecule has 70 valence electrons. The second kappa shape index (κ2) is 5.04. The lowest BCUT2D eigenvalue weighted by Gasteiger charge is -2.01. The van der Waals surface area contributed by atoms with Gasteiger partial charge in [0.1, 0.15) is 6.33 Å². The minimum atomic E-state index is 0.147. The number of oxime groups is 1. The smallest absolute Gasteiger partial charge is 0.153 e. The third-order valence-corrected chi connectivity index (χ3v) is 1.38. The monoisotopic (exact) mass is 181 g/mol. The minimum absolute atomic E-state index is 0.147. The molecule has 0 bridgehead atoms. The Kier molecular flexibility index (Phi) is 3.65. The van der Waals surface area contributed by atoms with Gasteiger partial charge in [0.05, 0.1) is 12.2 Å². The van der Waals surface area contributed by atoms with E-state index in [0.717, 1.165) is 5.69 Å². The summed E-state index contributed by atoms with van der Waals surface area (Å²) in [6.07, 6.45) is 3.13. The second-order valence-electron chi connectivity index (χ2n) is 2.40. The molecular weight excluding hydrogens is 170 g/mol. The molecule has 0 aliphatic heterocycles. The molecule has 0 fully saturated rings. The van der Waals surface area contributed by atoms with Crippen LogP contribution in [0.25, 0.3) is 0 Å². The summed E-state index contributed by atoms with van der Waals surface area (Å²) in [5, 5.41) is 14.0. The molecule has 6 nitrogen and oxygen atoms in total. The summed E-state index contributed by atoms with van der Waals surface area (Å²) in [6, 6.07) is 1.79. The van der Waals surface area contributed by atoms with Gasteiger partial charge in [-0.05, 0) is 6.07 Å². The fourth-order valence-corrected chi connectivity index (χ4v) is 0.777. The Morgan fingerprint density at radius 1 is 1.69 bits per heavy atom. The number of nitrogens with one attached hydrogen (secondary N) is 1. The van der Waals surface area contributed by atoms with Gasteiger partial charge >= 0.3 is 0 Å². The Morgan fingerprint density at radius 2 is 2.54 bits per heavy atom. The zero-order chi connectivity index (χ0) is 9.52. The lowest BCUT2D eigenvalue weighted by atomic mass is 10.4. The Balaban J connectivity index is 2.28. The van der Waals surface area contributed by atoms with Crippen LogP contribution in [0.2, 0.25) is 0 Å². The summed E-state index contributed by atoms with van der Waals surface area (Å²) >= 11 is 0. The predicted molar refractivity (Wildman–Crippen MR) is 47.1 cm³/mol. The molecule has 0 saturated heterocycles. The van der Waals surface area contributed by atoms with Gasteiger partial charge in [-0.25, -0.2) is 9.97 Å². The van der Waals surface area contributed by atoms with Crippen LogP contribution in [-0.2, 0) is 6.54 Å². The first kappa shape index (κ1) is 9.40. The maximum absolute atomic E-state index is 8.23. The van der Waals surface area contributed by atoms with Gasteiger partial charge in [-0.15, -0.1) is 0 Å². The molecule has 1 aromatic heterocycles. The van der Waals surface area contributed by atoms with Crippen LogP contribution >= 0.6 is 0 Å². The van der Waals surface area contributed by atoms with E-state index in [2.05, 4.69) is 20.4 Å². The highest BCUT2D eigenvalue weighted by molar-refractivity contribution is 5.81. The van der Waals surface area contributed by atoms with Crippen molar-refractivity contribution in [3.63, 3.8) is 0 Å². The van der Waals surface area contributed by atoms with Crippen molar-refractivity contribution < 1.29 is 5.21 Å². The van der Waals surface area contributed by atoms with Gasteiger partial charge in [0.2, 0.25) is 0 Å². The largest absolute Gasteiger partial charge is 0.409 e. The van der Waals surface area contributed by atoms with Crippen molar-refractivity contribution in [2.24, 2.45) is 10.9 Å². The highest BCUT2D eigenvalue weighted by Crippen LogP contribution is 1.88. The van der Waals surface area contributed by atoms with Crippen molar-refractivity contribution in [3.05, 3.63) is 24.3 Å². The Morgan fingerprint density at radius 3 is 3.15 bits per heavy atom. The van der Waals surface area contributed by atoms with Crippen LogP contribution in [0.5, 0.6) is 0 Å². The number of amidine groups is 1. The van der Waals surface area contributed by atoms with E-state index < -0.39 is 0 Å². The first-order valence-electron chi connectivity index (χ1n) is 3.75. The van der Waals surface area contributed by atoms with E-state index in [9.17, 15) is 0 Å². The van der Waals surface area contributed by atoms with Crippen molar-refractivity contribution in [1.82, 2.24) is 15.3 Å². The number of nitrogens with two attached hydrogens (primary N) is 1. The maximum atomic E-state index is 8.23. The molecule has 0 radical (unpaired) electrons. The fourth-order valence-electron chi connectivity index (χ4n) is 0.777. The van der Waals surface area contributed by atoms with E-state index in [1.807, 2.05) is 0 Å². The van der Waals surface area contributed by atoms with Crippen LogP contribution in [0.3, 0.4) is 0 Å². The van der Waals surface area contributed by atoms with E-state index in [0.29, 0.717) is 13.1 Å². The van der Waals surface area contributed by atoms with Gasteiger partial charge in [-0.3, -0.25) is 0 Å². The molecule has 0 aliphatic carbocycles. The number of hydrogen-bond donors (Lipinski definition) is 3. The lowest BCUT2D eigenvalue weighted by molar-refractivity contribution is 0.317. The molecule has 0 spiro atoms. The Hall–Kier alpha value is -1.69. The summed E-state index contributed by atoms with van der Waals surface area (Å²) < 4.78 is 0. The van der Waals surface area contributed by atoms with Crippen molar-refractivity contribution in [2.45, 2.75) is 6.54 Å². The Bertz CT molecular complexity index is 273. The zero-order valence-corrected chi connectivity index (χ0v) is 7.01. The van der Waals surface area contributed by atoms with Crippen molar-refractivity contribution >= 4 is 5.84 Å². The van der Waals surface area contributed by atoms with Gasteiger partial charge in [0.15, 0.2) is 5.84 Å². The second-order valence-corrected chi connectivity index (χ2v) is 2.40. The van der Waals surface area contributed by atoms with Gasteiger partial charge in [0.25, 0.3) is 0 Å². The maximum Gasteiger partial charge on any atom is 0.153 e. The number of nitrogens with zero attached hydrogens (tertiary/aromatic N) is 3. The summed E-state index contributed by atoms with van der Waals surface area (Å²) in [4.78, 5) is 7.76. The molecular formula is C7H11N5O. The minimum Gasteiger partial charge on any atom is -0.409 e. The highest BCUT2D eigenvalue weighted by atomic mass is 16.4. The van der Waals surface area contributed by atoms with Gasteiger partial charge in [0, 0.05) is 12.7 Å². The number of hydrogen-bond acceptors (Lipinski definition) is 5. The molecule has 0 saturated carbocycles. The third-order valence-electron chi connectivity index (χ3n) is 1.38. The SMILES string of the molecule is N/C(CNCc1ccncn1)=N/O. The predicted octanol–water partition coefficient (Wildman–Crippen LogP) is -0.687. The number of rotatable bonds is 4. The van der Waals surface area contributed by atoms with E-state index in [1.165, 1.54) is 6.33 Å². The van der Waals surface area contributed by atoms with Crippen molar-refractivity contribution in [3.8, 4) is 0 Å². The zero-order valence-electron chi connectivity index (χ0n) is 7.01. The molecule has 0 amide bonds. The molecule has 1 heterocycles. The van der Waals surface area contributed by atoms with Crippen LogP contribution in [0, 0.1) is 0 Å². The molecule has 13 heavy (non-hydrogen) atoms. The van der Waals surface area contributed by atoms with E-state index in [1.54, 1.807) is 12.3 Å². The molecule has 6 heteroatoms. The van der Waals surface area contributed by atoms with Gasteiger partial charge in [-0.2, -0.15) is 0 Å². The molecule has 1 rings (SSSR count). The average Bonchev–Trinajstić information content (AvgIpc) is 2.19. The van der Waals surface area contributed by atoms with Crippen LogP contribution in [0.4, 0.5) is 0 Å². The normalized spacial score (nSPS) is 11.5. The summed E-state index contributed by atoms with van der Waals surface area (Å²) in [5.41, 5.74) is 6.10. The van der Waals surface area contributed by atoms with E-state index in [4.69, 9.17) is 10.9 Å². The highest BCUT2D eigenvalue weighted by Gasteiger charge is 1.94. The first-order valence-corrected chi connectivity index (χ1v) is 3.75. The molecule has 1 aromatic rings. The number of aromatic nitrogens is 2. The summed E-state index contributed by atoms with van der Waals surface area (Å²) in [5.74, 6) is 0.147. The molecule has 0 aliphatic rings. The van der Waals surface area contributed by atoms with Crippen molar-refractivity contribution in [1.29, 1.82) is 0 Å². The molecule has 0 aromatic carbocycles. The van der Waals surface area contributed by atoms with E-state index in [-0.39, 0.29) is 5.84 Å². The average molecular weight is 181 g/mol. The lowest BCUT2D eigenvalue weighted by Crippen LogP contribution is -2.28. The molecule has 0 unspecified atom stereocenters. The Labute approximate surface area is 75.5 Å². The van der Waals surface area contributed by atoms with E-state index >= 15 is 0 Å². The third kappa shape index (κ3) is 3.48. The van der Waals surface area contributed by atoms with Gasteiger partial charge < -0.3 is 16.3 Å². The quantitative estimate of drug-likeness (QED) is 0.247. The topological polar surface area (TPSA) is 96.4 Å². The molecule has 4 N–H and O–H groups in total. The standard InChI is InChI=1S/C7H11N5O/c8-7(12-13)4-10-3-6-1-2-9-5-11-6/h1-2,5,10,13H,3-4H2,(H2,8,12). The molecule has 0 atom stereocenters.